The SMILES string of the molecule is CCCCc1cc(N)c(C(=O)OCc2ccccc2)c(=O)[nH]1. The third-order valence-corrected chi connectivity index (χ3v) is 3.34. The lowest BCUT2D eigenvalue weighted by Crippen LogP contribution is -2.23. The number of nitrogens with one attached hydrogen (secondary N) is 1. The molecule has 1 aromatic carbocycles. The maximum Gasteiger partial charge on any atom is 0.346 e. The fourth-order valence-electron chi connectivity index (χ4n) is 2.14. The highest BCUT2D eigenvalue weighted by Crippen LogP contribution is 2.12. The van der Waals surface area contributed by atoms with Crippen LogP contribution in [0.25, 0.3) is 0 Å². The molecule has 0 saturated carbocycles. The van der Waals surface area contributed by atoms with Crippen LogP contribution in [0.1, 0.15) is 41.4 Å². The number of anilines is 1. The number of nitrogen functional groups attached to an aromatic ring is 1. The molecule has 0 atom stereocenters. The van der Waals surface area contributed by atoms with Crippen LogP contribution in [0, 0.1) is 0 Å². The van der Waals surface area contributed by atoms with Gasteiger partial charge >= 0.3 is 5.97 Å². The predicted molar refractivity (Wildman–Crippen MR) is 85.6 cm³/mol. The number of hydrogen-bond donors (Lipinski definition) is 2. The molecule has 0 spiro atoms. The minimum absolute atomic E-state index is 0.107. The maximum absolute atomic E-state index is 12.1. The molecule has 116 valence electrons. The van der Waals surface area contributed by atoms with Gasteiger partial charge in [-0.15, -0.1) is 0 Å². The van der Waals surface area contributed by atoms with Crippen molar-refractivity contribution in [1.29, 1.82) is 0 Å². The first-order valence-corrected chi connectivity index (χ1v) is 7.34. The number of benzene rings is 1. The van der Waals surface area contributed by atoms with E-state index in [0.29, 0.717) is 0 Å². The summed E-state index contributed by atoms with van der Waals surface area (Å²) < 4.78 is 5.16. The van der Waals surface area contributed by atoms with Crippen molar-refractivity contribution in [1.82, 2.24) is 4.98 Å². The normalized spacial score (nSPS) is 10.4. The molecule has 2 rings (SSSR count). The van der Waals surface area contributed by atoms with Gasteiger partial charge in [-0.2, -0.15) is 0 Å². The second kappa shape index (κ2) is 7.45. The Morgan fingerprint density at radius 3 is 2.64 bits per heavy atom. The van der Waals surface area contributed by atoms with Gasteiger partial charge in [0, 0.05) is 5.69 Å². The molecule has 1 aromatic heterocycles. The van der Waals surface area contributed by atoms with Crippen LogP contribution in [0.2, 0.25) is 0 Å². The van der Waals surface area contributed by atoms with Gasteiger partial charge in [0.2, 0.25) is 0 Å². The van der Waals surface area contributed by atoms with Crippen LogP contribution < -0.4 is 11.3 Å². The van der Waals surface area contributed by atoms with Crippen molar-refractivity contribution >= 4 is 11.7 Å². The number of carbonyl (C=O) groups excluding carboxylic acids is 1. The molecule has 22 heavy (non-hydrogen) atoms. The smallest absolute Gasteiger partial charge is 0.346 e. The number of aromatic nitrogens is 1. The monoisotopic (exact) mass is 300 g/mol. The summed E-state index contributed by atoms with van der Waals surface area (Å²) in [6.07, 6.45) is 2.70. The van der Waals surface area contributed by atoms with Gasteiger partial charge in [0.25, 0.3) is 5.56 Å². The Morgan fingerprint density at radius 1 is 1.27 bits per heavy atom. The molecule has 0 bridgehead atoms. The Kier molecular flexibility index (Phi) is 5.36. The Labute approximate surface area is 129 Å². The summed E-state index contributed by atoms with van der Waals surface area (Å²) >= 11 is 0. The van der Waals surface area contributed by atoms with Crippen LogP contribution >= 0.6 is 0 Å². The molecule has 0 unspecified atom stereocenters. The number of H-pyrrole nitrogens is 1. The van der Waals surface area contributed by atoms with E-state index in [4.69, 9.17) is 10.5 Å². The largest absolute Gasteiger partial charge is 0.457 e. The van der Waals surface area contributed by atoms with Crippen molar-refractivity contribution in [2.24, 2.45) is 0 Å². The number of hydrogen-bond acceptors (Lipinski definition) is 4. The highest BCUT2D eigenvalue weighted by atomic mass is 16.5. The van der Waals surface area contributed by atoms with Crippen LogP contribution in [0.5, 0.6) is 0 Å². The lowest BCUT2D eigenvalue weighted by atomic mass is 10.1. The van der Waals surface area contributed by atoms with Gasteiger partial charge in [0.1, 0.15) is 12.2 Å². The lowest BCUT2D eigenvalue weighted by Gasteiger charge is -2.08. The third kappa shape index (κ3) is 3.97. The third-order valence-electron chi connectivity index (χ3n) is 3.34. The molecule has 0 aliphatic rings. The van der Waals surface area contributed by atoms with Crippen molar-refractivity contribution in [2.75, 3.05) is 5.73 Å². The van der Waals surface area contributed by atoms with Crippen molar-refractivity contribution in [2.45, 2.75) is 32.8 Å². The van der Waals surface area contributed by atoms with Gasteiger partial charge in [0.15, 0.2) is 0 Å². The fraction of sp³-hybridized carbons (Fsp3) is 0.294. The average Bonchev–Trinajstić information content (AvgIpc) is 2.51. The summed E-state index contributed by atoms with van der Waals surface area (Å²) in [6, 6.07) is 10.9. The zero-order valence-electron chi connectivity index (χ0n) is 12.6. The van der Waals surface area contributed by atoms with Crippen molar-refractivity contribution < 1.29 is 9.53 Å². The first kappa shape index (κ1) is 15.8. The summed E-state index contributed by atoms with van der Waals surface area (Å²) in [6.45, 7) is 2.17. The fourth-order valence-corrected chi connectivity index (χ4v) is 2.14. The highest BCUT2D eigenvalue weighted by Gasteiger charge is 2.17. The van der Waals surface area contributed by atoms with Gasteiger partial charge in [-0.3, -0.25) is 4.79 Å². The zero-order valence-corrected chi connectivity index (χ0v) is 12.6. The lowest BCUT2D eigenvalue weighted by molar-refractivity contribution is 0.0472. The molecule has 0 fully saturated rings. The number of pyridine rings is 1. The van der Waals surface area contributed by atoms with Crippen LogP contribution in [-0.4, -0.2) is 11.0 Å². The van der Waals surface area contributed by atoms with E-state index in [1.54, 1.807) is 6.07 Å². The minimum atomic E-state index is -0.704. The van der Waals surface area contributed by atoms with Crippen molar-refractivity contribution in [3.63, 3.8) is 0 Å². The van der Waals surface area contributed by atoms with E-state index in [9.17, 15) is 9.59 Å². The molecule has 2 aromatic rings. The molecule has 3 N–H and O–H groups in total. The molecule has 5 nitrogen and oxygen atoms in total. The van der Waals surface area contributed by atoms with E-state index in [1.165, 1.54) is 0 Å². The zero-order chi connectivity index (χ0) is 15.9. The molecule has 0 aliphatic heterocycles. The summed E-state index contributed by atoms with van der Waals surface area (Å²) in [5.41, 5.74) is 6.97. The first-order chi connectivity index (χ1) is 10.6. The van der Waals surface area contributed by atoms with Crippen LogP contribution in [0.15, 0.2) is 41.2 Å². The number of aromatic amines is 1. The molecule has 0 radical (unpaired) electrons. The maximum atomic E-state index is 12.1. The van der Waals surface area contributed by atoms with Crippen LogP contribution in [-0.2, 0) is 17.8 Å². The number of aryl methyl sites for hydroxylation is 1. The van der Waals surface area contributed by atoms with Crippen LogP contribution in [0.3, 0.4) is 0 Å². The number of esters is 1. The topological polar surface area (TPSA) is 85.2 Å². The quantitative estimate of drug-likeness (QED) is 0.803. The molecular formula is C17H20N2O3. The van der Waals surface area contributed by atoms with E-state index >= 15 is 0 Å². The van der Waals surface area contributed by atoms with E-state index in [-0.39, 0.29) is 17.9 Å². The van der Waals surface area contributed by atoms with Gasteiger partial charge in [0.05, 0.1) is 5.69 Å². The van der Waals surface area contributed by atoms with Gasteiger partial charge in [-0.25, -0.2) is 4.79 Å². The Bertz CT molecular complexity index is 693. The molecule has 0 aliphatic carbocycles. The Morgan fingerprint density at radius 2 is 2.00 bits per heavy atom. The Balaban J connectivity index is 2.11. The standard InChI is InChI=1S/C17H20N2O3/c1-2-3-9-13-10-14(18)15(16(20)19-13)17(21)22-11-12-7-5-4-6-8-12/h4-8,10H,2-3,9,11H2,1H3,(H3,18,19,20). The molecule has 0 amide bonds. The number of ether oxygens (including phenoxy) is 1. The van der Waals surface area contributed by atoms with E-state index in [0.717, 1.165) is 30.5 Å². The summed E-state index contributed by atoms with van der Waals surface area (Å²) in [7, 11) is 0. The average molecular weight is 300 g/mol. The highest BCUT2D eigenvalue weighted by molar-refractivity contribution is 5.94. The Hall–Kier alpha value is -2.56. The number of rotatable bonds is 6. The predicted octanol–water partition coefficient (Wildman–Crippen LogP) is 2.66. The van der Waals surface area contributed by atoms with Crippen molar-refractivity contribution in [3.8, 4) is 0 Å². The molecule has 0 saturated heterocycles. The minimum Gasteiger partial charge on any atom is -0.457 e. The molecular weight excluding hydrogens is 280 g/mol. The number of unbranched alkanes of at least 4 members (excludes halogenated alkanes) is 1. The number of carbonyl (C=O) groups is 1. The molecule has 5 heteroatoms. The first-order valence-electron chi connectivity index (χ1n) is 7.34. The van der Waals surface area contributed by atoms with E-state index in [2.05, 4.69) is 11.9 Å². The van der Waals surface area contributed by atoms with Crippen LogP contribution in [0.4, 0.5) is 5.69 Å². The molecule has 1 heterocycles. The second-order valence-corrected chi connectivity index (χ2v) is 5.12. The summed E-state index contributed by atoms with van der Waals surface area (Å²) in [5, 5.41) is 0. The second-order valence-electron chi connectivity index (χ2n) is 5.12. The summed E-state index contributed by atoms with van der Waals surface area (Å²) in [5.74, 6) is -0.704. The van der Waals surface area contributed by atoms with E-state index < -0.39 is 11.5 Å². The number of nitrogens with two attached hydrogens (primary N) is 1. The van der Waals surface area contributed by atoms with Gasteiger partial charge in [-0.05, 0) is 24.5 Å². The van der Waals surface area contributed by atoms with Gasteiger partial charge < -0.3 is 15.5 Å². The van der Waals surface area contributed by atoms with Crippen molar-refractivity contribution in [3.05, 3.63) is 63.6 Å². The summed E-state index contributed by atoms with van der Waals surface area (Å²) in [4.78, 5) is 26.8. The van der Waals surface area contributed by atoms with E-state index in [1.807, 2.05) is 30.3 Å². The van der Waals surface area contributed by atoms with Gasteiger partial charge in [-0.1, -0.05) is 43.7 Å².